The first kappa shape index (κ1) is 28.9. The van der Waals surface area contributed by atoms with Gasteiger partial charge in [0.25, 0.3) is 0 Å². The average molecular weight is 676 g/mol. The molecule has 0 aliphatic heterocycles. The van der Waals surface area contributed by atoms with Gasteiger partial charge in [-0.05, 0) is 104 Å². The minimum absolute atomic E-state index is 0.0750. The quantitative estimate of drug-likeness (QED) is 0.167. The van der Waals surface area contributed by atoms with Crippen molar-refractivity contribution in [1.29, 1.82) is 0 Å². The summed E-state index contributed by atoms with van der Waals surface area (Å²) in [6.07, 6.45) is 0. The lowest BCUT2D eigenvalue weighted by molar-refractivity contribution is 0.661. The molecule has 248 valence electrons. The van der Waals surface area contributed by atoms with Gasteiger partial charge < -0.3 is 4.57 Å². The van der Waals surface area contributed by atoms with Crippen LogP contribution in [0.25, 0.3) is 98.9 Å². The summed E-state index contributed by atoms with van der Waals surface area (Å²) in [5.74, 6) is 0. The van der Waals surface area contributed by atoms with Crippen LogP contribution in [0.2, 0.25) is 0 Å². The SMILES string of the molecule is CC1(C)c2ccccc2-c2cc3c4ccccc4n(-c4cccc(-c5ccc6c(c5)c5ccc7ccccc7c5c5nc7ccccc7n65)c4)c3cc21. The van der Waals surface area contributed by atoms with Crippen LogP contribution in [0.4, 0.5) is 0 Å². The van der Waals surface area contributed by atoms with Gasteiger partial charge in [0, 0.05) is 32.6 Å². The molecule has 0 fully saturated rings. The fourth-order valence-electron chi connectivity index (χ4n) is 9.57. The van der Waals surface area contributed by atoms with Crippen LogP contribution in [-0.2, 0) is 5.41 Å². The molecule has 1 aliphatic carbocycles. The van der Waals surface area contributed by atoms with Crippen LogP contribution in [0.5, 0.6) is 0 Å². The first-order chi connectivity index (χ1) is 26.0. The number of hydrogen-bond donors (Lipinski definition) is 0. The summed E-state index contributed by atoms with van der Waals surface area (Å²) in [6.45, 7) is 4.73. The van der Waals surface area contributed by atoms with E-state index in [-0.39, 0.29) is 5.41 Å². The highest BCUT2D eigenvalue weighted by Crippen LogP contribution is 2.51. The molecular formula is C50H33N3. The van der Waals surface area contributed by atoms with E-state index in [1.54, 1.807) is 0 Å². The van der Waals surface area contributed by atoms with E-state index in [4.69, 9.17) is 4.98 Å². The molecule has 0 amide bonds. The summed E-state index contributed by atoms with van der Waals surface area (Å²) < 4.78 is 4.83. The van der Waals surface area contributed by atoms with Gasteiger partial charge in [-0.1, -0.05) is 123 Å². The molecule has 3 nitrogen and oxygen atoms in total. The topological polar surface area (TPSA) is 22.2 Å². The second-order valence-corrected chi connectivity index (χ2v) is 15.2. The highest BCUT2D eigenvalue weighted by atomic mass is 15.0. The second-order valence-electron chi connectivity index (χ2n) is 15.2. The van der Waals surface area contributed by atoms with Gasteiger partial charge in [-0.3, -0.25) is 4.40 Å². The van der Waals surface area contributed by atoms with Gasteiger partial charge in [-0.15, -0.1) is 0 Å². The first-order valence-corrected chi connectivity index (χ1v) is 18.5. The summed E-state index contributed by atoms with van der Waals surface area (Å²) in [6, 6.07) is 60.4. The fourth-order valence-corrected chi connectivity index (χ4v) is 9.57. The Balaban J connectivity index is 1.10. The van der Waals surface area contributed by atoms with E-state index >= 15 is 0 Å². The molecule has 0 radical (unpaired) electrons. The van der Waals surface area contributed by atoms with Crippen molar-refractivity contribution in [3.63, 3.8) is 0 Å². The lowest BCUT2D eigenvalue weighted by atomic mass is 9.82. The monoisotopic (exact) mass is 675 g/mol. The Morgan fingerprint density at radius 1 is 0.453 bits per heavy atom. The Kier molecular flexibility index (Phi) is 5.57. The van der Waals surface area contributed by atoms with Crippen LogP contribution in [0.1, 0.15) is 25.0 Å². The number of fused-ring (bicyclic) bond motifs is 16. The number of pyridine rings is 1. The van der Waals surface area contributed by atoms with Crippen LogP contribution in [0.3, 0.4) is 0 Å². The van der Waals surface area contributed by atoms with E-state index in [0.29, 0.717) is 0 Å². The molecule has 0 unspecified atom stereocenters. The molecule has 3 heterocycles. The lowest BCUT2D eigenvalue weighted by Gasteiger charge is -2.21. The largest absolute Gasteiger partial charge is 0.309 e. The molecule has 11 aromatic rings. The van der Waals surface area contributed by atoms with Crippen LogP contribution in [0, 0.1) is 0 Å². The van der Waals surface area contributed by atoms with Crippen molar-refractivity contribution in [2.75, 3.05) is 0 Å². The minimum Gasteiger partial charge on any atom is -0.309 e. The predicted octanol–water partition coefficient (Wildman–Crippen LogP) is 13.0. The van der Waals surface area contributed by atoms with Gasteiger partial charge in [0.15, 0.2) is 0 Å². The predicted molar refractivity (Wildman–Crippen MR) is 223 cm³/mol. The van der Waals surface area contributed by atoms with Gasteiger partial charge in [0.1, 0.15) is 5.65 Å². The molecule has 0 atom stereocenters. The van der Waals surface area contributed by atoms with Gasteiger partial charge in [0.05, 0.1) is 27.6 Å². The summed E-state index contributed by atoms with van der Waals surface area (Å²) in [7, 11) is 0. The highest BCUT2D eigenvalue weighted by Gasteiger charge is 2.36. The van der Waals surface area contributed by atoms with Crippen LogP contribution in [-0.4, -0.2) is 14.0 Å². The molecule has 0 saturated carbocycles. The molecular weight excluding hydrogens is 643 g/mol. The molecule has 1 aliphatic rings. The van der Waals surface area contributed by atoms with Crippen LogP contribution in [0.15, 0.2) is 164 Å². The Morgan fingerprint density at radius 2 is 1.21 bits per heavy atom. The molecule has 53 heavy (non-hydrogen) atoms. The molecule has 8 aromatic carbocycles. The van der Waals surface area contributed by atoms with Crippen molar-refractivity contribution < 1.29 is 0 Å². The Labute approximate surface area is 306 Å². The van der Waals surface area contributed by atoms with Crippen molar-refractivity contribution in [2.45, 2.75) is 19.3 Å². The maximum Gasteiger partial charge on any atom is 0.147 e. The van der Waals surface area contributed by atoms with Crippen molar-refractivity contribution >= 4 is 70.9 Å². The van der Waals surface area contributed by atoms with E-state index in [0.717, 1.165) is 27.9 Å². The number of nitrogens with zero attached hydrogens (tertiary/aromatic N) is 3. The molecule has 0 N–H and O–H groups in total. The average Bonchev–Trinajstić information content (AvgIpc) is 3.83. The van der Waals surface area contributed by atoms with E-state index < -0.39 is 0 Å². The Hall–Kier alpha value is -6.71. The number of para-hydroxylation sites is 3. The van der Waals surface area contributed by atoms with Gasteiger partial charge in [-0.25, -0.2) is 4.98 Å². The number of hydrogen-bond acceptors (Lipinski definition) is 1. The van der Waals surface area contributed by atoms with Crippen molar-refractivity contribution in [2.24, 2.45) is 0 Å². The lowest BCUT2D eigenvalue weighted by Crippen LogP contribution is -2.14. The summed E-state index contributed by atoms with van der Waals surface area (Å²) >= 11 is 0. The molecule has 3 heteroatoms. The summed E-state index contributed by atoms with van der Waals surface area (Å²) in [5, 5.41) is 8.65. The van der Waals surface area contributed by atoms with E-state index in [1.807, 2.05) is 0 Å². The maximum atomic E-state index is 5.22. The molecule has 0 bridgehead atoms. The molecule has 0 spiro atoms. The van der Waals surface area contributed by atoms with Gasteiger partial charge in [-0.2, -0.15) is 0 Å². The van der Waals surface area contributed by atoms with Crippen LogP contribution >= 0.6 is 0 Å². The fraction of sp³-hybridized carbons (Fsp3) is 0.0600. The number of aromatic nitrogens is 3. The zero-order chi connectivity index (χ0) is 35.0. The van der Waals surface area contributed by atoms with Gasteiger partial charge in [0.2, 0.25) is 0 Å². The van der Waals surface area contributed by atoms with Crippen molar-refractivity contribution in [1.82, 2.24) is 14.0 Å². The zero-order valence-corrected chi connectivity index (χ0v) is 29.4. The Bertz CT molecular complexity index is 3370. The maximum absolute atomic E-state index is 5.22. The minimum atomic E-state index is -0.0750. The molecule has 3 aromatic heterocycles. The van der Waals surface area contributed by atoms with Crippen molar-refractivity contribution in [3.8, 4) is 27.9 Å². The standard InChI is InChI=1S/C50H33N3/c1-50(2)41-18-7-5-16-35(41)38-28-40-36-17-6-9-20-44(36)52(47(40)29-42(38)50)33-14-11-13-31(26-33)32-23-25-45-39(27-32)37-24-22-30-12-3-4-15-34(30)48(37)49-51-43-19-8-10-21-46(43)53(45)49/h3-29H,1-2H3. The zero-order valence-electron chi connectivity index (χ0n) is 29.4. The highest BCUT2D eigenvalue weighted by molar-refractivity contribution is 6.23. The Morgan fingerprint density at radius 3 is 2.13 bits per heavy atom. The third-order valence-corrected chi connectivity index (χ3v) is 12.1. The number of rotatable bonds is 2. The number of benzene rings is 8. The third-order valence-electron chi connectivity index (χ3n) is 12.1. The van der Waals surface area contributed by atoms with Crippen LogP contribution < -0.4 is 0 Å². The van der Waals surface area contributed by atoms with Gasteiger partial charge >= 0.3 is 0 Å². The third kappa shape index (κ3) is 3.81. The second kappa shape index (κ2) is 10.2. The smallest absolute Gasteiger partial charge is 0.147 e. The number of imidazole rings is 1. The van der Waals surface area contributed by atoms with E-state index in [1.165, 1.54) is 82.1 Å². The van der Waals surface area contributed by atoms with Crippen molar-refractivity contribution in [3.05, 3.63) is 175 Å². The van der Waals surface area contributed by atoms with E-state index in [2.05, 4.69) is 187 Å². The summed E-state index contributed by atoms with van der Waals surface area (Å²) in [4.78, 5) is 5.22. The molecule has 0 saturated heterocycles. The van der Waals surface area contributed by atoms with E-state index in [9.17, 15) is 0 Å². The first-order valence-electron chi connectivity index (χ1n) is 18.5. The normalized spacial score (nSPS) is 13.6. The summed E-state index contributed by atoms with van der Waals surface area (Å²) in [5.41, 5.74) is 15.7. The molecule has 12 rings (SSSR count).